The third kappa shape index (κ3) is 3.13. The minimum absolute atomic E-state index is 0.240. The smallest absolute Gasteiger partial charge is 0.316 e. The number of hydrogen-bond donors (Lipinski definition) is 1. The Kier molecular flexibility index (Phi) is 3.45. The molecule has 5 heteroatoms. The molecular formula is C10H14FN3O. The molecule has 1 fully saturated rings. The van der Waals surface area contributed by atoms with Gasteiger partial charge in [-0.15, -0.1) is 0 Å². The number of piperidine rings is 1. The van der Waals surface area contributed by atoms with Crippen LogP contribution >= 0.6 is 0 Å². The van der Waals surface area contributed by atoms with Crippen molar-refractivity contribution >= 4 is 0 Å². The summed E-state index contributed by atoms with van der Waals surface area (Å²) >= 11 is 0. The highest BCUT2D eigenvalue weighted by atomic mass is 19.1. The van der Waals surface area contributed by atoms with Gasteiger partial charge in [-0.25, -0.2) is 14.4 Å². The van der Waals surface area contributed by atoms with E-state index >= 15 is 0 Å². The van der Waals surface area contributed by atoms with Gasteiger partial charge in [0.05, 0.1) is 12.4 Å². The minimum atomic E-state index is -0.446. The predicted octanol–water partition coefficient (Wildman–Crippen LogP) is 1.14. The normalized spacial score (nSPS) is 21.3. The molecule has 4 nitrogen and oxygen atoms in total. The lowest BCUT2D eigenvalue weighted by Gasteiger charge is -2.22. The van der Waals surface area contributed by atoms with Crippen molar-refractivity contribution in [3.8, 4) is 6.01 Å². The molecule has 0 saturated carbocycles. The first-order valence-corrected chi connectivity index (χ1v) is 5.18. The van der Waals surface area contributed by atoms with Gasteiger partial charge in [0.1, 0.15) is 6.61 Å². The van der Waals surface area contributed by atoms with Gasteiger partial charge in [-0.2, -0.15) is 0 Å². The Morgan fingerprint density at radius 1 is 1.40 bits per heavy atom. The van der Waals surface area contributed by atoms with E-state index in [-0.39, 0.29) is 6.01 Å². The summed E-state index contributed by atoms with van der Waals surface area (Å²) in [4.78, 5) is 7.45. The van der Waals surface area contributed by atoms with Crippen LogP contribution < -0.4 is 10.1 Å². The summed E-state index contributed by atoms with van der Waals surface area (Å²) in [5.41, 5.74) is 0. The minimum Gasteiger partial charge on any atom is -0.462 e. The molecule has 1 saturated heterocycles. The van der Waals surface area contributed by atoms with Gasteiger partial charge >= 0.3 is 6.01 Å². The fraction of sp³-hybridized carbons (Fsp3) is 0.600. The van der Waals surface area contributed by atoms with E-state index in [2.05, 4.69) is 15.3 Å². The standard InChI is InChI=1S/C10H14FN3O/c11-8-5-13-10(14-6-8)15-7-9-3-1-2-4-12-9/h5-6,9,12H,1-4,7H2. The molecule has 1 aromatic heterocycles. The molecule has 1 atom stereocenters. The molecule has 0 radical (unpaired) electrons. The van der Waals surface area contributed by atoms with Crippen LogP contribution in [0.2, 0.25) is 0 Å². The first-order chi connectivity index (χ1) is 7.34. The van der Waals surface area contributed by atoms with Crippen LogP contribution in [0.15, 0.2) is 12.4 Å². The Morgan fingerprint density at radius 3 is 2.87 bits per heavy atom. The highest BCUT2D eigenvalue weighted by Gasteiger charge is 2.13. The van der Waals surface area contributed by atoms with Crippen molar-refractivity contribution < 1.29 is 9.13 Å². The number of hydrogen-bond acceptors (Lipinski definition) is 4. The molecule has 1 aliphatic rings. The molecule has 2 rings (SSSR count). The number of nitrogens with zero attached hydrogens (tertiary/aromatic N) is 2. The van der Waals surface area contributed by atoms with E-state index in [0.717, 1.165) is 25.4 Å². The zero-order valence-corrected chi connectivity index (χ0v) is 8.45. The summed E-state index contributed by atoms with van der Waals surface area (Å²) in [5.74, 6) is -0.446. The van der Waals surface area contributed by atoms with Gasteiger partial charge < -0.3 is 10.1 Å². The van der Waals surface area contributed by atoms with Gasteiger partial charge in [0.25, 0.3) is 0 Å². The van der Waals surface area contributed by atoms with E-state index < -0.39 is 5.82 Å². The van der Waals surface area contributed by atoms with Crippen LogP contribution in [0.3, 0.4) is 0 Å². The molecule has 1 aliphatic heterocycles. The topological polar surface area (TPSA) is 47.0 Å². The van der Waals surface area contributed by atoms with Crippen LogP contribution in [0, 0.1) is 5.82 Å². The molecule has 1 aromatic rings. The van der Waals surface area contributed by atoms with Gasteiger partial charge in [0, 0.05) is 6.04 Å². The third-order valence-electron chi connectivity index (χ3n) is 2.42. The van der Waals surface area contributed by atoms with Gasteiger partial charge in [-0.1, -0.05) is 6.42 Å². The van der Waals surface area contributed by atoms with Crippen LogP contribution in [0.1, 0.15) is 19.3 Å². The lowest BCUT2D eigenvalue weighted by Crippen LogP contribution is -2.38. The fourth-order valence-corrected chi connectivity index (χ4v) is 1.62. The Labute approximate surface area is 87.9 Å². The van der Waals surface area contributed by atoms with E-state index in [9.17, 15) is 4.39 Å². The predicted molar refractivity (Wildman–Crippen MR) is 53.1 cm³/mol. The van der Waals surface area contributed by atoms with Crippen molar-refractivity contribution in [1.29, 1.82) is 0 Å². The Bertz CT molecular complexity index is 298. The van der Waals surface area contributed by atoms with E-state index in [1.54, 1.807) is 0 Å². The Hall–Kier alpha value is -1.23. The van der Waals surface area contributed by atoms with Crippen LogP contribution in [0.4, 0.5) is 4.39 Å². The maximum atomic E-state index is 12.5. The highest BCUT2D eigenvalue weighted by molar-refractivity contribution is 4.95. The molecular weight excluding hydrogens is 197 g/mol. The first-order valence-electron chi connectivity index (χ1n) is 5.18. The number of aromatic nitrogens is 2. The second-order valence-electron chi connectivity index (χ2n) is 3.64. The SMILES string of the molecule is Fc1cnc(OCC2CCCCN2)nc1. The third-order valence-corrected chi connectivity index (χ3v) is 2.42. The molecule has 0 aliphatic carbocycles. The maximum Gasteiger partial charge on any atom is 0.316 e. The van der Waals surface area contributed by atoms with Crippen LogP contribution in [-0.4, -0.2) is 29.2 Å². The largest absolute Gasteiger partial charge is 0.462 e. The summed E-state index contributed by atoms with van der Waals surface area (Å²) in [5, 5.41) is 3.35. The van der Waals surface area contributed by atoms with Crippen LogP contribution in [-0.2, 0) is 0 Å². The van der Waals surface area contributed by atoms with Crippen molar-refractivity contribution in [3.63, 3.8) is 0 Å². The van der Waals surface area contributed by atoms with Crippen molar-refractivity contribution in [1.82, 2.24) is 15.3 Å². The van der Waals surface area contributed by atoms with E-state index in [4.69, 9.17) is 4.74 Å². The average molecular weight is 211 g/mol. The van der Waals surface area contributed by atoms with Crippen LogP contribution in [0.5, 0.6) is 6.01 Å². The second-order valence-corrected chi connectivity index (χ2v) is 3.64. The van der Waals surface area contributed by atoms with Crippen molar-refractivity contribution in [3.05, 3.63) is 18.2 Å². The van der Waals surface area contributed by atoms with Crippen molar-refractivity contribution in [2.75, 3.05) is 13.2 Å². The summed E-state index contributed by atoms with van der Waals surface area (Å²) in [6, 6.07) is 0.608. The molecule has 15 heavy (non-hydrogen) atoms. The number of halogens is 1. The van der Waals surface area contributed by atoms with Gasteiger partial charge in [-0.3, -0.25) is 0 Å². The number of nitrogens with one attached hydrogen (secondary N) is 1. The number of rotatable bonds is 3. The quantitative estimate of drug-likeness (QED) is 0.814. The van der Waals surface area contributed by atoms with Crippen LogP contribution in [0.25, 0.3) is 0 Å². The summed E-state index contributed by atoms with van der Waals surface area (Å²) < 4.78 is 17.8. The summed E-state index contributed by atoms with van der Waals surface area (Å²) in [6.07, 6.45) is 5.78. The molecule has 0 bridgehead atoms. The zero-order chi connectivity index (χ0) is 10.5. The van der Waals surface area contributed by atoms with Gasteiger partial charge in [0.2, 0.25) is 0 Å². The lowest BCUT2D eigenvalue weighted by molar-refractivity contribution is 0.223. The molecule has 1 N–H and O–H groups in total. The molecule has 82 valence electrons. The second kappa shape index (κ2) is 5.02. The Morgan fingerprint density at radius 2 is 2.20 bits per heavy atom. The lowest BCUT2D eigenvalue weighted by atomic mass is 10.1. The van der Waals surface area contributed by atoms with E-state index in [1.807, 2.05) is 0 Å². The zero-order valence-electron chi connectivity index (χ0n) is 8.45. The molecule has 2 heterocycles. The monoisotopic (exact) mass is 211 g/mol. The van der Waals surface area contributed by atoms with Gasteiger partial charge in [-0.05, 0) is 19.4 Å². The molecule has 0 spiro atoms. The fourth-order valence-electron chi connectivity index (χ4n) is 1.62. The Balaban J connectivity index is 1.79. The maximum absolute atomic E-state index is 12.5. The van der Waals surface area contributed by atoms with E-state index in [0.29, 0.717) is 12.6 Å². The number of ether oxygens (including phenoxy) is 1. The molecule has 1 unspecified atom stereocenters. The van der Waals surface area contributed by atoms with Crippen molar-refractivity contribution in [2.45, 2.75) is 25.3 Å². The molecule has 0 aromatic carbocycles. The van der Waals surface area contributed by atoms with Crippen molar-refractivity contribution in [2.24, 2.45) is 0 Å². The summed E-state index contributed by atoms with van der Waals surface area (Å²) in [6.45, 7) is 1.59. The highest BCUT2D eigenvalue weighted by Crippen LogP contribution is 2.08. The van der Waals surface area contributed by atoms with E-state index in [1.165, 1.54) is 12.8 Å². The molecule has 0 amide bonds. The van der Waals surface area contributed by atoms with Gasteiger partial charge in [0.15, 0.2) is 5.82 Å². The summed E-state index contributed by atoms with van der Waals surface area (Å²) in [7, 11) is 0. The first kappa shape index (κ1) is 10.3. The average Bonchev–Trinajstić information content (AvgIpc) is 2.30.